The van der Waals surface area contributed by atoms with Crippen molar-refractivity contribution in [1.82, 2.24) is 10.6 Å². The summed E-state index contributed by atoms with van der Waals surface area (Å²) >= 11 is 0. The molecule has 0 aromatic carbocycles. The first-order valence-electron chi connectivity index (χ1n) is 8.41. The highest BCUT2D eigenvalue weighted by molar-refractivity contribution is 5.76. The van der Waals surface area contributed by atoms with Gasteiger partial charge in [0.05, 0.1) is 19.1 Å². The van der Waals surface area contributed by atoms with Crippen molar-refractivity contribution in [3.05, 3.63) is 0 Å². The number of halogens is 1. The van der Waals surface area contributed by atoms with Crippen LogP contribution in [0.5, 0.6) is 0 Å². The zero-order valence-electron chi connectivity index (χ0n) is 13.4. The minimum Gasteiger partial charge on any atom is -0.394 e. The molecule has 0 aromatic rings. The van der Waals surface area contributed by atoms with Crippen molar-refractivity contribution in [3.8, 4) is 0 Å². The summed E-state index contributed by atoms with van der Waals surface area (Å²) in [6.45, 7) is -0.112. The van der Waals surface area contributed by atoms with E-state index in [2.05, 4.69) is 10.6 Å². The van der Waals surface area contributed by atoms with Crippen LogP contribution in [0.25, 0.3) is 0 Å². The van der Waals surface area contributed by atoms with Gasteiger partial charge in [-0.2, -0.15) is 0 Å². The molecule has 1 aliphatic carbocycles. The lowest BCUT2D eigenvalue weighted by molar-refractivity contribution is -0.123. The number of alkyl halides is 1. The van der Waals surface area contributed by atoms with Crippen molar-refractivity contribution < 1.29 is 19.0 Å². The number of hydrogen-bond acceptors (Lipinski definition) is 6. The van der Waals surface area contributed by atoms with Gasteiger partial charge in [-0.1, -0.05) is 0 Å². The Morgan fingerprint density at radius 1 is 1.30 bits per heavy atom. The van der Waals surface area contributed by atoms with Crippen molar-refractivity contribution in [2.24, 2.45) is 11.5 Å². The molecule has 7 N–H and O–H groups in total. The standard InChI is InChI=1S/C15H29FN4O3/c16-9(7-17)3-14(22)19-11-4-10(18)5-12(6-11)20-15-2-1-13(8-21)23-15/h9-13,15,20-21H,1-8,17-18H2,(H,19,22). The summed E-state index contributed by atoms with van der Waals surface area (Å²) < 4.78 is 18.9. The molecule has 1 aliphatic heterocycles. The molecule has 0 spiro atoms. The summed E-state index contributed by atoms with van der Waals surface area (Å²) in [6.07, 6.45) is 2.25. The van der Waals surface area contributed by atoms with Crippen LogP contribution in [0, 0.1) is 0 Å². The molecule has 1 saturated heterocycles. The fraction of sp³-hybridized carbons (Fsp3) is 0.933. The Morgan fingerprint density at radius 3 is 2.70 bits per heavy atom. The summed E-state index contributed by atoms with van der Waals surface area (Å²) in [7, 11) is 0. The quantitative estimate of drug-likeness (QED) is 0.413. The number of nitrogens with one attached hydrogen (secondary N) is 2. The largest absolute Gasteiger partial charge is 0.394 e. The second kappa shape index (κ2) is 8.89. The van der Waals surface area contributed by atoms with E-state index in [4.69, 9.17) is 21.3 Å². The third-order valence-corrected chi connectivity index (χ3v) is 4.50. The molecule has 134 valence electrons. The Balaban J connectivity index is 1.78. The van der Waals surface area contributed by atoms with E-state index in [1.807, 2.05) is 0 Å². The summed E-state index contributed by atoms with van der Waals surface area (Å²) in [5.41, 5.74) is 11.3. The average molecular weight is 332 g/mol. The van der Waals surface area contributed by atoms with Crippen molar-refractivity contribution in [1.29, 1.82) is 0 Å². The maximum absolute atomic E-state index is 13.2. The smallest absolute Gasteiger partial charge is 0.223 e. The summed E-state index contributed by atoms with van der Waals surface area (Å²) in [5.74, 6) is -0.321. The van der Waals surface area contributed by atoms with Gasteiger partial charge in [0.1, 0.15) is 12.4 Å². The fourth-order valence-electron chi connectivity index (χ4n) is 3.41. The van der Waals surface area contributed by atoms with E-state index >= 15 is 0 Å². The van der Waals surface area contributed by atoms with Crippen LogP contribution in [0.1, 0.15) is 38.5 Å². The van der Waals surface area contributed by atoms with Crippen LogP contribution in [0.2, 0.25) is 0 Å². The molecule has 0 radical (unpaired) electrons. The fourth-order valence-corrected chi connectivity index (χ4v) is 3.41. The van der Waals surface area contributed by atoms with Gasteiger partial charge in [-0.15, -0.1) is 0 Å². The number of hydrogen-bond donors (Lipinski definition) is 5. The molecule has 2 aliphatic rings. The number of rotatable bonds is 7. The van der Waals surface area contributed by atoms with Gasteiger partial charge in [0.25, 0.3) is 0 Å². The maximum atomic E-state index is 13.2. The Bertz CT molecular complexity index is 388. The Hall–Kier alpha value is -0.800. The van der Waals surface area contributed by atoms with Crippen LogP contribution >= 0.6 is 0 Å². The minimum absolute atomic E-state index is 0.0164. The van der Waals surface area contributed by atoms with Crippen molar-refractivity contribution in [2.75, 3.05) is 13.2 Å². The van der Waals surface area contributed by atoms with Gasteiger partial charge in [-0.3, -0.25) is 10.1 Å². The molecule has 6 unspecified atom stereocenters. The van der Waals surface area contributed by atoms with E-state index in [-0.39, 0.29) is 55.9 Å². The molecule has 0 aromatic heterocycles. The van der Waals surface area contributed by atoms with Gasteiger partial charge < -0.3 is 26.6 Å². The normalized spacial score (nSPS) is 35.9. The van der Waals surface area contributed by atoms with Gasteiger partial charge in [-0.25, -0.2) is 4.39 Å². The number of nitrogens with two attached hydrogens (primary N) is 2. The molecule has 8 heteroatoms. The maximum Gasteiger partial charge on any atom is 0.223 e. The molecule has 1 amide bonds. The molecule has 1 saturated carbocycles. The molecule has 2 rings (SSSR count). The average Bonchev–Trinajstić information content (AvgIpc) is 2.93. The summed E-state index contributed by atoms with van der Waals surface area (Å²) in [5, 5.41) is 15.4. The number of ether oxygens (including phenoxy) is 1. The highest BCUT2D eigenvalue weighted by atomic mass is 19.1. The first-order chi connectivity index (χ1) is 11.0. The minimum atomic E-state index is -1.30. The zero-order valence-corrected chi connectivity index (χ0v) is 13.4. The van der Waals surface area contributed by atoms with E-state index in [0.29, 0.717) is 6.42 Å². The second-order valence-corrected chi connectivity index (χ2v) is 6.64. The van der Waals surface area contributed by atoms with Gasteiger partial charge in [0.2, 0.25) is 5.91 Å². The highest BCUT2D eigenvalue weighted by Crippen LogP contribution is 2.23. The number of aliphatic hydroxyl groups is 1. The van der Waals surface area contributed by atoms with Gasteiger partial charge >= 0.3 is 0 Å². The van der Waals surface area contributed by atoms with Crippen molar-refractivity contribution in [3.63, 3.8) is 0 Å². The molecule has 7 nitrogen and oxygen atoms in total. The molecule has 6 atom stereocenters. The number of carbonyl (C=O) groups is 1. The van der Waals surface area contributed by atoms with Gasteiger partial charge in [-0.05, 0) is 32.1 Å². The lowest BCUT2D eigenvalue weighted by Gasteiger charge is -2.35. The number of aliphatic hydroxyl groups excluding tert-OH is 1. The molecular weight excluding hydrogens is 303 g/mol. The van der Waals surface area contributed by atoms with Crippen molar-refractivity contribution >= 4 is 5.91 Å². The predicted octanol–water partition coefficient (Wildman–Crippen LogP) is -0.875. The molecule has 23 heavy (non-hydrogen) atoms. The van der Waals surface area contributed by atoms with Gasteiger partial charge in [0.15, 0.2) is 0 Å². The van der Waals surface area contributed by atoms with Crippen LogP contribution in [-0.2, 0) is 9.53 Å². The van der Waals surface area contributed by atoms with E-state index in [0.717, 1.165) is 25.7 Å². The topological polar surface area (TPSA) is 123 Å². The van der Waals surface area contributed by atoms with Gasteiger partial charge in [0, 0.05) is 24.7 Å². The molecule has 2 fully saturated rings. The van der Waals surface area contributed by atoms with E-state index in [1.165, 1.54) is 0 Å². The zero-order chi connectivity index (χ0) is 16.8. The van der Waals surface area contributed by atoms with Crippen LogP contribution in [0.4, 0.5) is 4.39 Å². The van der Waals surface area contributed by atoms with E-state index in [9.17, 15) is 9.18 Å². The predicted molar refractivity (Wildman–Crippen MR) is 84.2 cm³/mol. The Morgan fingerprint density at radius 2 is 2.04 bits per heavy atom. The highest BCUT2D eigenvalue weighted by Gasteiger charge is 2.32. The molecule has 0 bridgehead atoms. The number of amides is 1. The van der Waals surface area contributed by atoms with Crippen LogP contribution < -0.4 is 22.1 Å². The Labute approximate surface area is 136 Å². The van der Waals surface area contributed by atoms with Crippen LogP contribution in [0.3, 0.4) is 0 Å². The lowest BCUT2D eigenvalue weighted by atomic mass is 9.87. The first kappa shape index (κ1) is 18.5. The third-order valence-electron chi connectivity index (χ3n) is 4.50. The van der Waals surface area contributed by atoms with E-state index in [1.54, 1.807) is 0 Å². The SMILES string of the molecule is NCC(F)CC(=O)NC1CC(N)CC(NC2CCC(CO)O2)C1. The van der Waals surface area contributed by atoms with Crippen LogP contribution in [0.15, 0.2) is 0 Å². The van der Waals surface area contributed by atoms with E-state index < -0.39 is 6.17 Å². The molecular formula is C15H29FN4O3. The molecule has 1 heterocycles. The summed E-state index contributed by atoms with van der Waals surface area (Å²) in [6, 6.07) is 0.0585. The first-order valence-corrected chi connectivity index (χ1v) is 8.41. The Kier molecular flexibility index (Phi) is 7.16. The second-order valence-electron chi connectivity index (χ2n) is 6.64. The monoisotopic (exact) mass is 332 g/mol. The number of carbonyl (C=O) groups excluding carboxylic acids is 1. The summed E-state index contributed by atoms with van der Waals surface area (Å²) in [4.78, 5) is 11.8. The van der Waals surface area contributed by atoms with Crippen molar-refractivity contribution in [2.45, 2.75) is 75.2 Å². The lowest BCUT2D eigenvalue weighted by Crippen LogP contribution is -2.52. The van der Waals surface area contributed by atoms with Crippen LogP contribution in [-0.4, -0.2) is 60.8 Å². The third kappa shape index (κ3) is 5.96.